The molecule has 3 heterocycles. The summed E-state index contributed by atoms with van der Waals surface area (Å²) < 4.78 is 7.45. The van der Waals surface area contributed by atoms with Gasteiger partial charge >= 0.3 is 0 Å². The Morgan fingerprint density at radius 2 is 2.27 bits per heavy atom. The molecule has 0 fully saturated rings. The highest BCUT2D eigenvalue weighted by Gasteiger charge is 2.20. The number of hydrogen-bond acceptors (Lipinski definition) is 5. The van der Waals surface area contributed by atoms with E-state index in [2.05, 4.69) is 37.6 Å². The molecule has 0 aliphatic carbocycles. The first-order valence-corrected chi connectivity index (χ1v) is 8.70. The number of aliphatic imine (C=N–C) groups is 1. The van der Waals surface area contributed by atoms with Crippen LogP contribution in [0, 0.1) is 0 Å². The lowest BCUT2D eigenvalue weighted by atomic mass is 10.1. The molecule has 2 aromatic rings. The Morgan fingerprint density at radius 3 is 3.00 bits per heavy atom. The fraction of sp³-hybridized carbons (Fsp3) is 0.529. The lowest BCUT2D eigenvalue weighted by Gasteiger charge is -2.25. The number of halogens is 1. The average Bonchev–Trinajstić information content (AvgIpc) is 3.12. The molecule has 3 rings (SSSR count). The van der Waals surface area contributed by atoms with Gasteiger partial charge in [0, 0.05) is 38.3 Å². The number of guanidine groups is 1. The molecule has 1 atom stereocenters. The summed E-state index contributed by atoms with van der Waals surface area (Å²) in [5, 5.41) is 11.0. The Bertz CT molecular complexity index is 701. The van der Waals surface area contributed by atoms with Gasteiger partial charge in [0.25, 0.3) is 0 Å². The fourth-order valence-corrected chi connectivity index (χ4v) is 2.74. The molecule has 1 unspecified atom stereocenters. The van der Waals surface area contributed by atoms with Gasteiger partial charge in [-0.1, -0.05) is 13.0 Å². The van der Waals surface area contributed by atoms with Crippen LogP contribution >= 0.6 is 24.0 Å². The van der Waals surface area contributed by atoms with E-state index in [-0.39, 0.29) is 24.0 Å². The van der Waals surface area contributed by atoms with E-state index < -0.39 is 0 Å². The predicted octanol–water partition coefficient (Wildman–Crippen LogP) is 1.76. The van der Waals surface area contributed by atoms with Gasteiger partial charge in [-0.2, -0.15) is 5.10 Å². The van der Waals surface area contributed by atoms with Gasteiger partial charge in [-0.25, -0.2) is 14.6 Å². The van der Waals surface area contributed by atoms with E-state index in [0.717, 1.165) is 43.2 Å². The zero-order valence-electron chi connectivity index (χ0n) is 15.2. The second kappa shape index (κ2) is 10.3. The van der Waals surface area contributed by atoms with E-state index in [0.29, 0.717) is 25.1 Å². The maximum absolute atomic E-state index is 5.50. The van der Waals surface area contributed by atoms with Gasteiger partial charge in [-0.3, -0.25) is 4.99 Å². The summed E-state index contributed by atoms with van der Waals surface area (Å²) in [4.78, 5) is 12.9. The average molecular weight is 471 g/mol. The molecular formula is C17H26IN7O. The topological polar surface area (TPSA) is 89.3 Å². The quantitative estimate of drug-likeness (QED) is 0.379. The van der Waals surface area contributed by atoms with E-state index >= 15 is 0 Å². The van der Waals surface area contributed by atoms with Crippen LogP contribution in [0.5, 0.6) is 5.88 Å². The van der Waals surface area contributed by atoms with Gasteiger partial charge in [-0.15, -0.1) is 24.0 Å². The molecule has 0 spiro atoms. The van der Waals surface area contributed by atoms with Gasteiger partial charge in [0.2, 0.25) is 5.88 Å². The number of hydrogen-bond donors (Lipinski definition) is 2. The molecule has 142 valence electrons. The molecule has 0 bridgehead atoms. The number of nitrogens with one attached hydrogen (secondary N) is 2. The van der Waals surface area contributed by atoms with E-state index in [1.54, 1.807) is 13.4 Å². The zero-order chi connectivity index (χ0) is 17.5. The molecule has 0 saturated carbocycles. The summed E-state index contributed by atoms with van der Waals surface area (Å²) in [7, 11) is 1.78. The number of ether oxygens (including phenoxy) is 1. The molecular weight excluding hydrogens is 445 g/mol. The normalized spacial score (nSPS) is 16.4. The van der Waals surface area contributed by atoms with E-state index in [4.69, 9.17) is 4.74 Å². The number of rotatable bonds is 6. The monoisotopic (exact) mass is 471 g/mol. The molecule has 2 N–H and O–H groups in total. The van der Waals surface area contributed by atoms with Crippen molar-refractivity contribution in [3.63, 3.8) is 0 Å². The van der Waals surface area contributed by atoms with Crippen LogP contribution in [0.3, 0.4) is 0 Å². The number of aryl methyl sites for hydroxylation is 1. The Morgan fingerprint density at radius 1 is 1.38 bits per heavy atom. The first kappa shape index (κ1) is 20.4. The van der Waals surface area contributed by atoms with Crippen molar-refractivity contribution < 1.29 is 4.74 Å². The van der Waals surface area contributed by atoms with E-state index in [1.165, 1.54) is 0 Å². The van der Waals surface area contributed by atoms with Crippen LogP contribution in [0.25, 0.3) is 0 Å². The third kappa shape index (κ3) is 5.55. The van der Waals surface area contributed by atoms with Crippen molar-refractivity contribution in [3.05, 3.63) is 36.0 Å². The maximum Gasteiger partial charge on any atom is 0.213 e. The zero-order valence-corrected chi connectivity index (χ0v) is 17.5. The lowest BCUT2D eigenvalue weighted by Crippen LogP contribution is -2.46. The third-order valence-electron chi connectivity index (χ3n) is 4.08. The highest BCUT2D eigenvalue weighted by atomic mass is 127. The maximum atomic E-state index is 5.50. The molecule has 1 aliphatic heterocycles. The van der Waals surface area contributed by atoms with Crippen molar-refractivity contribution >= 4 is 29.9 Å². The molecule has 9 heteroatoms. The number of nitrogens with zero attached hydrogens (tertiary/aromatic N) is 5. The Labute approximate surface area is 170 Å². The number of fused-ring (bicyclic) bond motifs is 1. The fourth-order valence-electron chi connectivity index (χ4n) is 2.74. The predicted molar refractivity (Wildman–Crippen MR) is 111 cm³/mol. The van der Waals surface area contributed by atoms with Crippen molar-refractivity contribution in [2.75, 3.05) is 13.7 Å². The van der Waals surface area contributed by atoms with Crippen molar-refractivity contribution in [2.45, 2.75) is 45.3 Å². The van der Waals surface area contributed by atoms with E-state index in [1.807, 2.05) is 23.0 Å². The van der Waals surface area contributed by atoms with Gasteiger partial charge in [0.05, 0.1) is 13.2 Å². The highest BCUT2D eigenvalue weighted by Crippen LogP contribution is 2.11. The van der Waals surface area contributed by atoms with Crippen molar-refractivity contribution in [1.29, 1.82) is 0 Å². The first-order valence-electron chi connectivity index (χ1n) is 8.70. The summed E-state index contributed by atoms with van der Waals surface area (Å²) in [6.45, 7) is 4.23. The molecule has 26 heavy (non-hydrogen) atoms. The number of aromatic nitrogens is 4. The van der Waals surface area contributed by atoms with Crippen molar-refractivity contribution in [3.8, 4) is 5.88 Å². The standard InChI is InChI=1S/C17H25N7O.HI/c1-3-8-25-16-7-4-13(9-19-16)10-20-17(18-2)23-14-5-6-15-21-12-22-24(15)11-14;/h4,7,9,12,14H,3,5-6,8,10-11H2,1-2H3,(H2,18,20,23);1H. The molecule has 0 radical (unpaired) electrons. The molecule has 0 amide bonds. The molecule has 8 nitrogen and oxygen atoms in total. The summed E-state index contributed by atoms with van der Waals surface area (Å²) in [6, 6.07) is 4.21. The van der Waals surface area contributed by atoms with Crippen LogP contribution in [0.2, 0.25) is 0 Å². The minimum atomic E-state index is 0. The van der Waals surface area contributed by atoms with Crippen molar-refractivity contribution in [2.24, 2.45) is 4.99 Å². The second-order valence-corrected chi connectivity index (χ2v) is 6.02. The van der Waals surface area contributed by atoms with Crippen LogP contribution in [-0.2, 0) is 19.5 Å². The minimum Gasteiger partial charge on any atom is -0.478 e. The van der Waals surface area contributed by atoms with Crippen LogP contribution in [0.4, 0.5) is 0 Å². The smallest absolute Gasteiger partial charge is 0.213 e. The summed E-state index contributed by atoms with van der Waals surface area (Å²) in [5.41, 5.74) is 1.08. The Kier molecular flexibility index (Phi) is 8.07. The Balaban J connectivity index is 0.00000243. The van der Waals surface area contributed by atoms with Gasteiger partial charge in [-0.05, 0) is 18.4 Å². The molecule has 1 aliphatic rings. The minimum absolute atomic E-state index is 0. The largest absolute Gasteiger partial charge is 0.478 e. The van der Waals surface area contributed by atoms with Crippen LogP contribution < -0.4 is 15.4 Å². The van der Waals surface area contributed by atoms with Crippen LogP contribution in [0.15, 0.2) is 29.6 Å². The first-order chi connectivity index (χ1) is 12.3. The molecule has 0 saturated heterocycles. The van der Waals surface area contributed by atoms with Crippen LogP contribution in [0.1, 0.15) is 31.2 Å². The number of pyridine rings is 1. The Hall–Kier alpha value is -1.91. The molecule has 0 aromatic carbocycles. The third-order valence-corrected chi connectivity index (χ3v) is 4.08. The summed E-state index contributed by atoms with van der Waals surface area (Å²) >= 11 is 0. The summed E-state index contributed by atoms with van der Waals surface area (Å²) in [6.07, 6.45) is 6.37. The second-order valence-electron chi connectivity index (χ2n) is 6.02. The lowest BCUT2D eigenvalue weighted by molar-refractivity contribution is 0.305. The summed E-state index contributed by atoms with van der Waals surface area (Å²) in [5.74, 6) is 2.50. The SMILES string of the molecule is CCCOc1ccc(CNC(=NC)NC2CCc3ncnn3C2)cn1.I. The van der Waals surface area contributed by atoms with Gasteiger partial charge in [0.15, 0.2) is 5.96 Å². The van der Waals surface area contributed by atoms with Crippen LogP contribution in [-0.4, -0.2) is 45.4 Å². The van der Waals surface area contributed by atoms with Gasteiger partial charge < -0.3 is 15.4 Å². The van der Waals surface area contributed by atoms with E-state index in [9.17, 15) is 0 Å². The van der Waals surface area contributed by atoms with Crippen molar-refractivity contribution in [1.82, 2.24) is 30.4 Å². The molecule has 2 aromatic heterocycles. The van der Waals surface area contributed by atoms with Gasteiger partial charge in [0.1, 0.15) is 12.2 Å². The highest BCUT2D eigenvalue weighted by molar-refractivity contribution is 14.0.